The summed E-state index contributed by atoms with van der Waals surface area (Å²) in [5.41, 5.74) is -5.93. The molecule has 0 spiro atoms. The van der Waals surface area contributed by atoms with E-state index in [-0.39, 0.29) is 18.1 Å². The maximum absolute atomic E-state index is 13.1. The van der Waals surface area contributed by atoms with Crippen LogP contribution < -0.4 is 0 Å². The molecule has 0 heterocycles. The van der Waals surface area contributed by atoms with Crippen LogP contribution in [0.4, 0.5) is 26.3 Å². The molecule has 160 valence electrons. The fraction of sp³-hybridized carbons (Fsp3) is 0.947. The smallest absolute Gasteiger partial charge is 0.374 e. The summed E-state index contributed by atoms with van der Waals surface area (Å²) in [7, 11) is 0. The molecule has 1 aliphatic rings. The molecule has 4 atom stereocenters. The molecule has 0 aromatic heterocycles. The van der Waals surface area contributed by atoms with Crippen molar-refractivity contribution in [1.82, 2.24) is 0 Å². The molecule has 0 amide bonds. The second-order valence-electron chi connectivity index (χ2n) is 9.51. The number of Topliss-reactive ketones (excluding diaryl/α,β-unsaturated/α-hetero) is 1. The van der Waals surface area contributed by atoms with Crippen LogP contribution in [-0.2, 0) is 4.79 Å². The van der Waals surface area contributed by atoms with Gasteiger partial charge in [-0.15, -0.1) is 0 Å². The quantitative estimate of drug-likeness (QED) is 0.570. The summed E-state index contributed by atoms with van der Waals surface area (Å²) >= 11 is 0. The van der Waals surface area contributed by atoms with E-state index in [9.17, 15) is 36.2 Å². The van der Waals surface area contributed by atoms with Gasteiger partial charge < -0.3 is 5.11 Å². The van der Waals surface area contributed by atoms with Gasteiger partial charge in [0.25, 0.3) is 5.60 Å². The minimum atomic E-state index is -5.83. The van der Waals surface area contributed by atoms with Crippen LogP contribution in [0.5, 0.6) is 0 Å². The number of hydrogen-bond donors (Lipinski definition) is 1. The van der Waals surface area contributed by atoms with E-state index >= 15 is 0 Å². The number of carbonyl (C=O) groups is 1. The van der Waals surface area contributed by atoms with Gasteiger partial charge in [0.15, 0.2) is 0 Å². The molecule has 0 aromatic carbocycles. The third kappa shape index (κ3) is 4.15. The van der Waals surface area contributed by atoms with Crippen LogP contribution in [0.15, 0.2) is 0 Å². The zero-order valence-corrected chi connectivity index (χ0v) is 16.8. The van der Waals surface area contributed by atoms with Gasteiger partial charge in [0, 0.05) is 11.3 Å². The van der Waals surface area contributed by atoms with Gasteiger partial charge in [0.1, 0.15) is 5.78 Å². The van der Waals surface area contributed by atoms with Gasteiger partial charge in [-0.1, -0.05) is 48.5 Å². The molecular weight excluding hydrogens is 374 g/mol. The third-order valence-corrected chi connectivity index (χ3v) is 6.69. The lowest BCUT2D eigenvalue weighted by Crippen LogP contribution is -2.57. The summed E-state index contributed by atoms with van der Waals surface area (Å²) in [4.78, 5) is 13.1. The first-order valence-electron chi connectivity index (χ1n) is 9.12. The Labute approximate surface area is 156 Å². The number of carbonyl (C=O) groups excluding carboxylic acids is 1. The van der Waals surface area contributed by atoms with Crippen molar-refractivity contribution < 1.29 is 36.2 Å². The second-order valence-corrected chi connectivity index (χ2v) is 9.51. The Hall–Kier alpha value is -0.790. The molecule has 1 N–H and O–H groups in total. The largest absolute Gasteiger partial charge is 0.426 e. The van der Waals surface area contributed by atoms with E-state index in [0.717, 1.165) is 0 Å². The minimum absolute atomic E-state index is 0.0381. The lowest BCUT2D eigenvalue weighted by atomic mass is 9.58. The minimum Gasteiger partial charge on any atom is -0.374 e. The first-order valence-corrected chi connectivity index (χ1v) is 9.12. The van der Waals surface area contributed by atoms with Crippen molar-refractivity contribution in [3.8, 4) is 0 Å². The molecule has 0 aromatic rings. The molecule has 1 fully saturated rings. The molecule has 1 saturated carbocycles. The number of hydrogen-bond acceptors (Lipinski definition) is 2. The topological polar surface area (TPSA) is 37.3 Å². The van der Waals surface area contributed by atoms with E-state index in [1.165, 1.54) is 6.92 Å². The van der Waals surface area contributed by atoms with Gasteiger partial charge in [0.05, 0.1) is 0 Å². The molecule has 0 saturated heterocycles. The van der Waals surface area contributed by atoms with Gasteiger partial charge in [-0.3, -0.25) is 4.79 Å². The summed E-state index contributed by atoms with van der Waals surface area (Å²) in [6.07, 6.45) is -12.9. The molecule has 8 heteroatoms. The van der Waals surface area contributed by atoms with Gasteiger partial charge >= 0.3 is 12.4 Å². The molecular formula is C19H30F6O2. The Morgan fingerprint density at radius 1 is 0.963 bits per heavy atom. The standard InChI is InChI=1S/C19H30F6O2/c1-10(2)16(7,15(4,5)6)14(26)13-8-12(13)11(3)9-17(27,18(20,21)22)19(23,24)25/h10-13,27H,8-9H2,1-7H3. The molecule has 0 aliphatic heterocycles. The van der Waals surface area contributed by atoms with Gasteiger partial charge in [-0.05, 0) is 36.0 Å². The van der Waals surface area contributed by atoms with Crippen LogP contribution in [0.3, 0.4) is 0 Å². The number of rotatable bonds is 6. The molecule has 0 bridgehead atoms. The average molecular weight is 404 g/mol. The highest BCUT2D eigenvalue weighted by atomic mass is 19.4. The van der Waals surface area contributed by atoms with Crippen molar-refractivity contribution in [3.63, 3.8) is 0 Å². The summed E-state index contributed by atoms with van der Waals surface area (Å²) in [6, 6.07) is 0. The number of alkyl halides is 6. The van der Waals surface area contributed by atoms with E-state index < -0.39 is 53.0 Å². The monoisotopic (exact) mass is 404 g/mol. The summed E-state index contributed by atoms with van der Waals surface area (Å²) in [5, 5.41) is 9.40. The zero-order chi connectivity index (χ0) is 21.8. The highest BCUT2D eigenvalue weighted by molar-refractivity contribution is 5.90. The summed E-state index contributed by atoms with van der Waals surface area (Å²) < 4.78 is 77.5. The van der Waals surface area contributed by atoms with Crippen LogP contribution in [0.25, 0.3) is 0 Å². The fourth-order valence-electron chi connectivity index (χ4n) is 4.06. The predicted molar refractivity (Wildman–Crippen MR) is 89.8 cm³/mol. The summed E-state index contributed by atoms with van der Waals surface area (Å²) in [5.74, 6) is -2.41. The first-order chi connectivity index (χ1) is 11.7. The lowest BCUT2D eigenvalue weighted by molar-refractivity contribution is -0.372. The lowest BCUT2D eigenvalue weighted by Gasteiger charge is -2.44. The summed E-state index contributed by atoms with van der Waals surface area (Å²) in [6.45, 7) is 12.5. The Kier molecular flexibility index (Phi) is 6.21. The number of aliphatic hydroxyl groups is 1. The van der Waals surface area contributed by atoms with Crippen LogP contribution in [0.2, 0.25) is 0 Å². The second kappa shape index (κ2) is 6.92. The Morgan fingerprint density at radius 2 is 1.37 bits per heavy atom. The number of halogens is 6. The maximum Gasteiger partial charge on any atom is 0.426 e. The fourth-order valence-corrected chi connectivity index (χ4v) is 4.06. The van der Waals surface area contributed by atoms with E-state index in [2.05, 4.69) is 0 Å². The normalized spacial score (nSPS) is 25.3. The van der Waals surface area contributed by atoms with E-state index in [1.807, 2.05) is 41.5 Å². The third-order valence-electron chi connectivity index (χ3n) is 6.69. The van der Waals surface area contributed by atoms with Crippen molar-refractivity contribution in [2.45, 2.75) is 79.3 Å². The highest BCUT2D eigenvalue weighted by Gasteiger charge is 2.71. The zero-order valence-electron chi connectivity index (χ0n) is 16.8. The maximum atomic E-state index is 13.1. The van der Waals surface area contributed by atoms with E-state index in [0.29, 0.717) is 0 Å². The average Bonchev–Trinajstić information content (AvgIpc) is 3.21. The molecule has 0 radical (unpaired) electrons. The van der Waals surface area contributed by atoms with Crippen molar-refractivity contribution in [2.75, 3.05) is 0 Å². The molecule has 27 heavy (non-hydrogen) atoms. The first kappa shape index (κ1) is 24.2. The molecule has 1 aliphatic carbocycles. The van der Waals surface area contributed by atoms with Gasteiger partial charge in [-0.25, -0.2) is 0 Å². The Balaban J connectivity index is 3.02. The molecule has 4 unspecified atom stereocenters. The molecule has 2 nitrogen and oxygen atoms in total. The van der Waals surface area contributed by atoms with E-state index in [4.69, 9.17) is 0 Å². The van der Waals surface area contributed by atoms with Crippen LogP contribution in [0.1, 0.15) is 61.3 Å². The van der Waals surface area contributed by atoms with Crippen molar-refractivity contribution >= 4 is 5.78 Å². The highest BCUT2D eigenvalue weighted by Crippen LogP contribution is 2.57. The van der Waals surface area contributed by atoms with Crippen molar-refractivity contribution in [1.29, 1.82) is 0 Å². The van der Waals surface area contributed by atoms with Crippen LogP contribution >= 0.6 is 0 Å². The Bertz CT molecular complexity index is 544. The van der Waals surface area contributed by atoms with E-state index in [1.54, 1.807) is 0 Å². The SMILES string of the molecule is CC(CC(O)(C(F)(F)F)C(F)(F)F)C1CC1C(=O)C(C)(C(C)C)C(C)(C)C. The van der Waals surface area contributed by atoms with Crippen LogP contribution in [-0.4, -0.2) is 28.8 Å². The molecule has 1 rings (SSSR count). The van der Waals surface area contributed by atoms with Crippen LogP contribution in [0, 0.1) is 34.5 Å². The van der Waals surface area contributed by atoms with Gasteiger partial charge in [-0.2, -0.15) is 26.3 Å². The Morgan fingerprint density at radius 3 is 1.67 bits per heavy atom. The number of ketones is 1. The van der Waals surface area contributed by atoms with Crippen molar-refractivity contribution in [3.05, 3.63) is 0 Å². The van der Waals surface area contributed by atoms with Gasteiger partial charge in [0.2, 0.25) is 0 Å². The predicted octanol–water partition coefficient (Wildman–Crippen LogP) is 5.78. The van der Waals surface area contributed by atoms with Crippen molar-refractivity contribution in [2.24, 2.45) is 34.5 Å².